The number of piperazine rings is 1. The first-order valence-electron chi connectivity index (χ1n) is 10.1. The van der Waals surface area contributed by atoms with E-state index >= 15 is 0 Å². The van der Waals surface area contributed by atoms with Gasteiger partial charge in [-0.25, -0.2) is 0 Å². The second-order valence-electron chi connectivity index (χ2n) is 7.29. The second-order valence-corrected chi connectivity index (χ2v) is 7.73. The molecule has 4 rings (SSSR count). The summed E-state index contributed by atoms with van der Waals surface area (Å²) in [5, 5.41) is 21.0. The normalized spacial score (nSPS) is 13.8. The zero-order valence-electron chi connectivity index (χ0n) is 17.3. The van der Waals surface area contributed by atoms with Crippen molar-refractivity contribution in [3.8, 4) is 6.07 Å². The Labute approximate surface area is 194 Å². The summed E-state index contributed by atoms with van der Waals surface area (Å²) in [7, 11) is 0. The van der Waals surface area contributed by atoms with Gasteiger partial charge in [0.25, 0.3) is 11.6 Å². The lowest BCUT2D eigenvalue weighted by molar-refractivity contribution is -0.384. The maximum Gasteiger partial charge on any atom is 0.270 e. The standard InChI is InChI=1S/C23H18ClN5O4/c24-18-7-5-17(6-8-18)22(30)27-10-12-28(13-11-27)23-20(15-25)26-21(33-23)9-4-16-2-1-3-19(14-16)29(31)32/h1-9,14H,10-13H2/b9-4+. The highest BCUT2D eigenvalue weighted by Gasteiger charge is 2.26. The zero-order chi connectivity index (χ0) is 23.4. The molecule has 1 aliphatic heterocycles. The number of aromatic nitrogens is 1. The highest BCUT2D eigenvalue weighted by molar-refractivity contribution is 6.30. The maximum atomic E-state index is 12.7. The topological polar surface area (TPSA) is 117 Å². The molecule has 3 aromatic rings. The van der Waals surface area contributed by atoms with Gasteiger partial charge in [-0.05, 0) is 35.9 Å². The first-order valence-corrected chi connectivity index (χ1v) is 10.5. The van der Waals surface area contributed by atoms with Crippen LogP contribution in [0.25, 0.3) is 12.2 Å². The fraction of sp³-hybridized carbons (Fsp3) is 0.174. The number of benzene rings is 2. The smallest absolute Gasteiger partial charge is 0.270 e. The minimum Gasteiger partial charge on any atom is -0.420 e. The molecule has 166 valence electrons. The van der Waals surface area contributed by atoms with E-state index in [0.717, 1.165) is 0 Å². The molecule has 0 saturated carbocycles. The van der Waals surface area contributed by atoms with Gasteiger partial charge in [0.2, 0.25) is 17.5 Å². The van der Waals surface area contributed by atoms with Crippen LogP contribution in [0, 0.1) is 21.4 Å². The first kappa shape index (κ1) is 22.0. The van der Waals surface area contributed by atoms with Crippen molar-refractivity contribution < 1.29 is 14.1 Å². The summed E-state index contributed by atoms with van der Waals surface area (Å²) >= 11 is 5.89. The quantitative estimate of drug-likeness (QED) is 0.410. The summed E-state index contributed by atoms with van der Waals surface area (Å²) in [5.41, 5.74) is 1.30. The van der Waals surface area contributed by atoms with Gasteiger partial charge in [-0.2, -0.15) is 10.2 Å². The molecule has 9 nitrogen and oxygen atoms in total. The summed E-state index contributed by atoms with van der Waals surface area (Å²) in [5.74, 6) is 0.479. The van der Waals surface area contributed by atoms with Crippen molar-refractivity contribution >= 4 is 41.2 Å². The summed E-state index contributed by atoms with van der Waals surface area (Å²) < 4.78 is 5.79. The fourth-order valence-electron chi connectivity index (χ4n) is 3.48. The Bertz CT molecular complexity index is 1250. The van der Waals surface area contributed by atoms with Crippen molar-refractivity contribution in [2.24, 2.45) is 0 Å². The van der Waals surface area contributed by atoms with Crippen LogP contribution in [0.4, 0.5) is 11.6 Å². The SMILES string of the molecule is N#Cc1nc(/C=C/c2cccc([N+](=O)[O-])c2)oc1N1CCN(C(=O)c2ccc(Cl)cc2)CC1. The average molecular weight is 464 g/mol. The van der Waals surface area contributed by atoms with Gasteiger partial charge in [0.1, 0.15) is 6.07 Å². The molecule has 10 heteroatoms. The van der Waals surface area contributed by atoms with E-state index < -0.39 is 4.92 Å². The number of carbonyl (C=O) groups is 1. The van der Waals surface area contributed by atoms with Crippen LogP contribution >= 0.6 is 11.6 Å². The molecule has 0 radical (unpaired) electrons. The number of anilines is 1. The third kappa shape index (κ3) is 5.02. The lowest BCUT2D eigenvalue weighted by Crippen LogP contribution is -2.48. The van der Waals surface area contributed by atoms with E-state index in [9.17, 15) is 20.2 Å². The lowest BCUT2D eigenvalue weighted by atomic mass is 10.2. The van der Waals surface area contributed by atoms with Gasteiger partial charge >= 0.3 is 0 Å². The predicted octanol–water partition coefficient (Wildman–Crippen LogP) is 4.24. The van der Waals surface area contributed by atoms with Crippen LogP contribution in [0.2, 0.25) is 5.02 Å². The van der Waals surface area contributed by atoms with Gasteiger partial charge < -0.3 is 14.2 Å². The third-order valence-electron chi connectivity index (χ3n) is 5.18. The number of non-ortho nitro benzene ring substituents is 1. The van der Waals surface area contributed by atoms with Gasteiger partial charge in [-0.3, -0.25) is 14.9 Å². The molecular formula is C23H18ClN5O4. The lowest BCUT2D eigenvalue weighted by Gasteiger charge is -2.34. The van der Waals surface area contributed by atoms with Gasteiger partial charge in [-0.1, -0.05) is 23.7 Å². The Balaban J connectivity index is 1.44. The Hall–Kier alpha value is -4.16. The molecule has 0 spiro atoms. The van der Waals surface area contributed by atoms with E-state index in [1.807, 2.05) is 11.0 Å². The summed E-state index contributed by atoms with van der Waals surface area (Å²) in [4.78, 5) is 31.0. The van der Waals surface area contributed by atoms with Crippen LogP contribution in [0.5, 0.6) is 0 Å². The van der Waals surface area contributed by atoms with Crippen LogP contribution in [0.1, 0.15) is 27.5 Å². The number of nitro groups is 1. The molecule has 1 aliphatic rings. The average Bonchev–Trinajstić information content (AvgIpc) is 3.26. The molecular weight excluding hydrogens is 446 g/mol. The van der Waals surface area contributed by atoms with E-state index in [1.54, 1.807) is 53.5 Å². The number of nitro benzene ring substituents is 1. The molecule has 0 N–H and O–H groups in total. The van der Waals surface area contributed by atoms with Crippen LogP contribution in [-0.2, 0) is 0 Å². The summed E-state index contributed by atoms with van der Waals surface area (Å²) in [6, 6.07) is 14.9. The highest BCUT2D eigenvalue weighted by atomic mass is 35.5. The number of nitriles is 1. The van der Waals surface area contributed by atoms with Crippen molar-refractivity contribution in [1.29, 1.82) is 5.26 Å². The van der Waals surface area contributed by atoms with E-state index in [0.29, 0.717) is 48.2 Å². The van der Waals surface area contributed by atoms with Gasteiger partial charge in [-0.15, -0.1) is 0 Å². The van der Waals surface area contributed by atoms with E-state index in [-0.39, 0.29) is 23.2 Å². The third-order valence-corrected chi connectivity index (χ3v) is 5.43. The number of carbonyl (C=O) groups excluding carboxylic acids is 1. The number of halogens is 1. The van der Waals surface area contributed by atoms with Gasteiger partial charge in [0.15, 0.2) is 0 Å². The Kier molecular flexibility index (Phi) is 6.38. The van der Waals surface area contributed by atoms with Crippen LogP contribution in [0.3, 0.4) is 0 Å². The van der Waals surface area contributed by atoms with Crippen LogP contribution in [0.15, 0.2) is 52.9 Å². The molecule has 0 atom stereocenters. The number of oxazole rings is 1. The van der Waals surface area contributed by atoms with Crippen molar-refractivity contribution in [2.45, 2.75) is 0 Å². The molecule has 0 bridgehead atoms. The van der Waals surface area contributed by atoms with E-state index in [2.05, 4.69) is 4.98 Å². The molecule has 2 heterocycles. The van der Waals surface area contributed by atoms with Crippen molar-refractivity contribution in [1.82, 2.24) is 9.88 Å². The summed E-state index contributed by atoms with van der Waals surface area (Å²) in [6.07, 6.45) is 3.19. The molecule has 33 heavy (non-hydrogen) atoms. The molecule has 1 saturated heterocycles. The fourth-order valence-corrected chi connectivity index (χ4v) is 3.61. The molecule has 1 aromatic heterocycles. The predicted molar refractivity (Wildman–Crippen MR) is 123 cm³/mol. The monoisotopic (exact) mass is 463 g/mol. The Morgan fingerprint density at radius 2 is 1.88 bits per heavy atom. The second kappa shape index (κ2) is 9.54. The number of nitrogens with zero attached hydrogens (tertiary/aromatic N) is 5. The number of hydrogen-bond acceptors (Lipinski definition) is 7. The molecule has 1 amide bonds. The Morgan fingerprint density at radius 3 is 2.55 bits per heavy atom. The summed E-state index contributed by atoms with van der Waals surface area (Å²) in [6.45, 7) is 1.90. The maximum absolute atomic E-state index is 12.7. The van der Waals surface area contributed by atoms with E-state index in [4.69, 9.17) is 16.0 Å². The molecule has 0 aliphatic carbocycles. The van der Waals surface area contributed by atoms with Crippen molar-refractivity contribution in [3.63, 3.8) is 0 Å². The van der Waals surface area contributed by atoms with Crippen molar-refractivity contribution in [3.05, 3.63) is 86.4 Å². The largest absolute Gasteiger partial charge is 0.420 e. The van der Waals surface area contributed by atoms with Crippen LogP contribution < -0.4 is 4.90 Å². The molecule has 1 fully saturated rings. The number of amides is 1. The Morgan fingerprint density at radius 1 is 1.15 bits per heavy atom. The zero-order valence-corrected chi connectivity index (χ0v) is 18.1. The van der Waals surface area contributed by atoms with Gasteiger partial charge in [0, 0.05) is 55.0 Å². The van der Waals surface area contributed by atoms with Crippen molar-refractivity contribution in [2.75, 3.05) is 31.1 Å². The van der Waals surface area contributed by atoms with Gasteiger partial charge in [0.05, 0.1) is 4.92 Å². The van der Waals surface area contributed by atoms with Crippen LogP contribution in [-0.4, -0.2) is 46.9 Å². The minimum atomic E-state index is -0.467. The highest BCUT2D eigenvalue weighted by Crippen LogP contribution is 2.25. The first-order chi connectivity index (χ1) is 15.9. The number of hydrogen-bond donors (Lipinski definition) is 0. The molecule has 2 aromatic carbocycles. The molecule has 0 unspecified atom stereocenters. The minimum absolute atomic E-state index is 0.0195. The van der Waals surface area contributed by atoms with E-state index in [1.165, 1.54) is 12.1 Å². The number of rotatable bonds is 5.